The van der Waals surface area contributed by atoms with Crippen LogP contribution in [-0.4, -0.2) is 12.1 Å². The second-order valence-electron chi connectivity index (χ2n) is 5.25. The Morgan fingerprint density at radius 1 is 1.27 bits per heavy atom. The molecular formula is C17H14ClFN2O. The third-order valence-corrected chi connectivity index (χ3v) is 4.28. The lowest BCUT2D eigenvalue weighted by Gasteiger charge is -2.21. The topological polar surface area (TPSA) is 45.9 Å². The number of fused-ring (bicyclic) bond motifs is 1. The van der Waals surface area contributed by atoms with Crippen molar-refractivity contribution in [1.29, 1.82) is 5.26 Å². The summed E-state index contributed by atoms with van der Waals surface area (Å²) in [5, 5.41) is 9.49. The lowest BCUT2D eigenvalue weighted by Crippen LogP contribution is -2.10. The molecule has 1 heterocycles. The Hall–Kier alpha value is -2.12. The largest absolute Gasteiger partial charge is 0.494 e. The quantitative estimate of drug-likeness (QED) is 0.776. The third-order valence-electron chi connectivity index (χ3n) is 4.01. The zero-order valence-electron chi connectivity index (χ0n) is 12.1. The van der Waals surface area contributed by atoms with E-state index in [2.05, 4.69) is 11.1 Å². The summed E-state index contributed by atoms with van der Waals surface area (Å²) >= 11 is 6.16. The van der Waals surface area contributed by atoms with E-state index >= 15 is 0 Å². The average molecular weight is 317 g/mol. The van der Waals surface area contributed by atoms with Gasteiger partial charge >= 0.3 is 0 Å². The number of aromatic nitrogens is 1. The molecule has 1 aliphatic carbocycles. The second-order valence-corrected chi connectivity index (χ2v) is 5.61. The molecule has 0 atom stereocenters. The van der Waals surface area contributed by atoms with Crippen molar-refractivity contribution >= 4 is 11.6 Å². The number of hydrogen-bond donors (Lipinski definition) is 0. The normalized spacial score (nSPS) is 13.4. The molecule has 0 saturated carbocycles. The van der Waals surface area contributed by atoms with E-state index in [0.29, 0.717) is 16.8 Å². The molecule has 0 N–H and O–H groups in total. The Bertz CT molecular complexity index is 783. The molecular weight excluding hydrogens is 303 g/mol. The van der Waals surface area contributed by atoms with Crippen LogP contribution in [-0.2, 0) is 12.8 Å². The Balaban J connectivity index is 2.21. The molecule has 112 valence electrons. The number of rotatable bonds is 2. The fourth-order valence-corrected chi connectivity index (χ4v) is 3.20. The first-order valence-electron chi connectivity index (χ1n) is 7.11. The maximum Gasteiger partial charge on any atom is 0.165 e. The molecule has 2 aromatic rings. The summed E-state index contributed by atoms with van der Waals surface area (Å²) in [5.41, 5.74) is 3.74. The minimum absolute atomic E-state index is 0.189. The van der Waals surface area contributed by atoms with Crippen molar-refractivity contribution in [3.8, 4) is 23.1 Å². The van der Waals surface area contributed by atoms with Crippen molar-refractivity contribution in [2.24, 2.45) is 0 Å². The molecule has 3 nitrogen and oxygen atoms in total. The van der Waals surface area contributed by atoms with Crippen LogP contribution in [0, 0.1) is 17.1 Å². The van der Waals surface area contributed by atoms with Crippen molar-refractivity contribution in [2.45, 2.75) is 25.7 Å². The third kappa shape index (κ3) is 2.42. The Kier molecular flexibility index (Phi) is 4.00. The minimum Gasteiger partial charge on any atom is -0.494 e. The molecule has 0 amide bonds. The maximum atomic E-state index is 14.0. The van der Waals surface area contributed by atoms with Crippen molar-refractivity contribution in [3.63, 3.8) is 0 Å². The van der Waals surface area contributed by atoms with Gasteiger partial charge in [-0.15, -0.1) is 0 Å². The summed E-state index contributed by atoms with van der Waals surface area (Å²) in [5.74, 6) is -0.246. The number of benzene rings is 1. The van der Waals surface area contributed by atoms with Crippen LogP contribution in [0.3, 0.4) is 0 Å². The van der Waals surface area contributed by atoms with E-state index in [-0.39, 0.29) is 10.9 Å². The SMILES string of the molecule is COc1ccc(-c2nc(Cl)c(C#N)c3c2CCCC3)cc1F. The molecule has 0 fully saturated rings. The highest BCUT2D eigenvalue weighted by atomic mass is 35.5. The van der Waals surface area contributed by atoms with Crippen molar-refractivity contribution in [1.82, 2.24) is 4.98 Å². The number of ether oxygens (including phenoxy) is 1. The number of halogens is 2. The van der Waals surface area contributed by atoms with E-state index in [1.807, 2.05) is 0 Å². The molecule has 1 aliphatic rings. The van der Waals surface area contributed by atoms with Gasteiger partial charge in [0.15, 0.2) is 11.6 Å². The Morgan fingerprint density at radius 3 is 2.64 bits per heavy atom. The van der Waals surface area contributed by atoms with Gasteiger partial charge in [0.25, 0.3) is 0 Å². The van der Waals surface area contributed by atoms with Crippen LogP contribution >= 0.6 is 11.6 Å². The van der Waals surface area contributed by atoms with Crippen molar-refractivity contribution < 1.29 is 9.13 Å². The van der Waals surface area contributed by atoms with Crippen LogP contribution in [0.1, 0.15) is 29.5 Å². The highest BCUT2D eigenvalue weighted by Gasteiger charge is 2.22. The van der Waals surface area contributed by atoms with E-state index in [1.54, 1.807) is 12.1 Å². The molecule has 0 radical (unpaired) electrons. The highest BCUT2D eigenvalue weighted by Crippen LogP contribution is 2.36. The molecule has 0 unspecified atom stereocenters. The van der Waals surface area contributed by atoms with Gasteiger partial charge in [-0.05, 0) is 55.0 Å². The maximum absolute atomic E-state index is 14.0. The molecule has 0 saturated heterocycles. The van der Waals surface area contributed by atoms with Gasteiger partial charge in [-0.1, -0.05) is 11.6 Å². The standard InChI is InChI=1S/C17H14ClFN2O/c1-22-15-7-6-10(8-14(15)19)16-12-5-3-2-4-11(12)13(9-20)17(18)21-16/h6-8H,2-5H2,1H3. The summed E-state index contributed by atoms with van der Waals surface area (Å²) in [6, 6.07) is 6.89. The van der Waals surface area contributed by atoms with Gasteiger partial charge in [0, 0.05) is 5.56 Å². The van der Waals surface area contributed by atoms with Gasteiger partial charge in [0.1, 0.15) is 11.2 Å². The molecule has 1 aromatic heterocycles. The van der Waals surface area contributed by atoms with Crippen molar-refractivity contribution in [3.05, 3.63) is 45.9 Å². The van der Waals surface area contributed by atoms with E-state index in [9.17, 15) is 9.65 Å². The molecule has 5 heteroatoms. The highest BCUT2D eigenvalue weighted by molar-refractivity contribution is 6.30. The molecule has 0 spiro atoms. The molecule has 3 rings (SSSR count). The first-order valence-corrected chi connectivity index (χ1v) is 7.48. The molecule has 0 bridgehead atoms. The van der Waals surface area contributed by atoms with Crippen LogP contribution in [0.15, 0.2) is 18.2 Å². The first kappa shape index (κ1) is 14.8. The van der Waals surface area contributed by atoms with E-state index in [1.165, 1.54) is 13.2 Å². The zero-order chi connectivity index (χ0) is 15.7. The van der Waals surface area contributed by atoms with Crippen molar-refractivity contribution in [2.75, 3.05) is 7.11 Å². The predicted octanol–water partition coefficient (Wildman–Crippen LogP) is 4.30. The van der Waals surface area contributed by atoms with Crippen LogP contribution in [0.5, 0.6) is 5.75 Å². The van der Waals surface area contributed by atoms with Gasteiger partial charge in [0.2, 0.25) is 0 Å². The van der Waals surface area contributed by atoms with Crippen LogP contribution in [0.4, 0.5) is 4.39 Å². The number of methoxy groups -OCH3 is 1. The lowest BCUT2D eigenvalue weighted by molar-refractivity contribution is 0.386. The van der Waals surface area contributed by atoms with E-state index < -0.39 is 5.82 Å². The smallest absolute Gasteiger partial charge is 0.165 e. The van der Waals surface area contributed by atoms with Crippen LogP contribution < -0.4 is 4.74 Å². The fourth-order valence-electron chi connectivity index (χ4n) is 2.95. The summed E-state index contributed by atoms with van der Waals surface area (Å²) in [4.78, 5) is 4.36. The summed E-state index contributed by atoms with van der Waals surface area (Å²) in [6.07, 6.45) is 3.70. The van der Waals surface area contributed by atoms with Gasteiger partial charge in [-0.3, -0.25) is 0 Å². The van der Waals surface area contributed by atoms with Gasteiger partial charge in [-0.25, -0.2) is 9.37 Å². The minimum atomic E-state index is -0.438. The number of nitrogens with zero attached hydrogens (tertiary/aromatic N) is 2. The predicted molar refractivity (Wildman–Crippen MR) is 82.6 cm³/mol. The zero-order valence-corrected chi connectivity index (χ0v) is 12.9. The molecule has 0 aliphatic heterocycles. The molecule has 1 aromatic carbocycles. The Labute approximate surface area is 133 Å². The van der Waals surface area contributed by atoms with Gasteiger partial charge in [-0.2, -0.15) is 5.26 Å². The van der Waals surface area contributed by atoms with Crippen LogP contribution in [0.25, 0.3) is 11.3 Å². The number of hydrogen-bond acceptors (Lipinski definition) is 3. The fraction of sp³-hybridized carbons (Fsp3) is 0.294. The summed E-state index contributed by atoms with van der Waals surface area (Å²) < 4.78 is 18.9. The summed E-state index contributed by atoms with van der Waals surface area (Å²) in [7, 11) is 1.43. The van der Waals surface area contributed by atoms with E-state index in [0.717, 1.165) is 36.8 Å². The first-order chi connectivity index (χ1) is 10.7. The van der Waals surface area contributed by atoms with E-state index in [4.69, 9.17) is 16.3 Å². The Morgan fingerprint density at radius 2 is 2.00 bits per heavy atom. The lowest BCUT2D eigenvalue weighted by atomic mass is 9.86. The second kappa shape index (κ2) is 5.94. The number of pyridine rings is 1. The van der Waals surface area contributed by atoms with Gasteiger partial charge < -0.3 is 4.74 Å². The molecule has 22 heavy (non-hydrogen) atoms. The summed E-state index contributed by atoms with van der Waals surface area (Å²) in [6.45, 7) is 0. The monoisotopic (exact) mass is 316 g/mol. The number of nitriles is 1. The van der Waals surface area contributed by atoms with Crippen LogP contribution in [0.2, 0.25) is 5.15 Å². The van der Waals surface area contributed by atoms with Gasteiger partial charge in [0.05, 0.1) is 18.4 Å². The average Bonchev–Trinajstić information content (AvgIpc) is 2.54.